The normalized spacial score (nSPS) is 14.2. The van der Waals surface area contributed by atoms with Gasteiger partial charge in [0.05, 0.1) is 10.2 Å². The van der Waals surface area contributed by atoms with E-state index in [1.165, 1.54) is 15.1 Å². The maximum absolute atomic E-state index is 13.1. The Kier molecular flexibility index (Phi) is 5.14. The molecule has 1 aromatic carbocycles. The van der Waals surface area contributed by atoms with Crippen molar-refractivity contribution < 1.29 is 4.79 Å². The Morgan fingerprint density at radius 2 is 2.03 bits per heavy atom. The minimum Gasteiger partial charge on any atom is -0.312 e. The quantitative estimate of drug-likeness (QED) is 0.484. The van der Waals surface area contributed by atoms with Gasteiger partial charge in [-0.3, -0.25) is 14.4 Å². The molecule has 8 heteroatoms. The number of anilines is 1. The van der Waals surface area contributed by atoms with Crippen LogP contribution in [0, 0.1) is 0 Å². The number of para-hydroxylation sites is 1. The Labute approximate surface area is 183 Å². The maximum atomic E-state index is 13.1. The summed E-state index contributed by atoms with van der Waals surface area (Å²) in [6.45, 7) is 7.84. The van der Waals surface area contributed by atoms with E-state index in [-0.39, 0.29) is 5.91 Å². The van der Waals surface area contributed by atoms with Crippen LogP contribution in [-0.2, 0) is 19.5 Å². The zero-order chi connectivity index (χ0) is 20.7. The number of nitrogens with one attached hydrogen (secondary N) is 1. The highest BCUT2D eigenvalue weighted by Gasteiger charge is 2.27. The van der Waals surface area contributed by atoms with Crippen molar-refractivity contribution in [2.75, 3.05) is 18.4 Å². The van der Waals surface area contributed by atoms with Gasteiger partial charge in [0.2, 0.25) is 0 Å². The van der Waals surface area contributed by atoms with Crippen molar-refractivity contribution in [3.8, 4) is 10.6 Å². The predicted molar refractivity (Wildman–Crippen MR) is 123 cm³/mol. The molecule has 6 nitrogen and oxygen atoms in total. The second-order valence-electron chi connectivity index (χ2n) is 7.30. The van der Waals surface area contributed by atoms with E-state index in [1.807, 2.05) is 25.1 Å². The topological polar surface area (TPSA) is 63.1 Å². The summed E-state index contributed by atoms with van der Waals surface area (Å²) in [6.07, 6.45) is 2.65. The number of hydrogen-bond donors (Lipinski definition) is 1. The van der Waals surface area contributed by atoms with Crippen LogP contribution in [0.2, 0.25) is 0 Å². The largest absolute Gasteiger partial charge is 0.312 e. The van der Waals surface area contributed by atoms with Gasteiger partial charge in [0.25, 0.3) is 5.91 Å². The van der Waals surface area contributed by atoms with Crippen LogP contribution in [-0.4, -0.2) is 38.7 Å². The van der Waals surface area contributed by atoms with Crippen molar-refractivity contribution in [2.45, 2.75) is 33.4 Å². The fraction of sp³-hybridized carbons (Fsp3) is 0.318. The van der Waals surface area contributed by atoms with Crippen molar-refractivity contribution in [2.24, 2.45) is 0 Å². The molecule has 0 unspecified atom stereocenters. The van der Waals surface area contributed by atoms with Crippen molar-refractivity contribution in [1.82, 2.24) is 19.7 Å². The van der Waals surface area contributed by atoms with Crippen LogP contribution >= 0.6 is 22.7 Å². The smallest absolute Gasteiger partial charge is 0.274 e. The molecule has 4 aromatic rings. The van der Waals surface area contributed by atoms with Crippen LogP contribution in [0.4, 0.5) is 5.00 Å². The maximum Gasteiger partial charge on any atom is 0.274 e. The van der Waals surface area contributed by atoms with Gasteiger partial charge in [-0.1, -0.05) is 19.1 Å². The Balaban J connectivity index is 1.59. The van der Waals surface area contributed by atoms with Crippen LogP contribution in [0.5, 0.6) is 0 Å². The van der Waals surface area contributed by atoms with E-state index >= 15 is 0 Å². The molecular formula is C22H23N5OS2. The monoisotopic (exact) mass is 437 g/mol. The number of thiazole rings is 1. The molecule has 1 amide bonds. The van der Waals surface area contributed by atoms with Gasteiger partial charge in [-0.2, -0.15) is 5.10 Å². The first-order valence-corrected chi connectivity index (χ1v) is 11.9. The second kappa shape index (κ2) is 7.94. The Hall–Kier alpha value is -2.55. The molecule has 30 heavy (non-hydrogen) atoms. The van der Waals surface area contributed by atoms with Crippen molar-refractivity contribution in [3.05, 3.63) is 52.7 Å². The number of rotatable bonds is 5. The van der Waals surface area contributed by atoms with Gasteiger partial charge >= 0.3 is 0 Å². The average Bonchev–Trinajstić information content (AvgIpc) is 3.48. The standard InChI is InChI=1S/C22H23N5OS2/c1-3-26-12-10-14-18(13-26)30-22(25-20(28)16-9-11-23-27(16)4-2)19(14)21-24-15-7-5-6-8-17(15)29-21/h5-9,11H,3-4,10,12-13H2,1-2H3,(H,25,28). The lowest BCUT2D eigenvalue weighted by Gasteiger charge is -2.25. The molecular weight excluding hydrogens is 414 g/mol. The second-order valence-corrected chi connectivity index (χ2v) is 9.44. The summed E-state index contributed by atoms with van der Waals surface area (Å²) in [5.41, 5.74) is 4.02. The van der Waals surface area contributed by atoms with Crippen molar-refractivity contribution in [3.63, 3.8) is 0 Å². The van der Waals surface area contributed by atoms with E-state index in [4.69, 9.17) is 4.98 Å². The van der Waals surface area contributed by atoms with E-state index in [9.17, 15) is 4.79 Å². The molecule has 0 saturated carbocycles. The minimum atomic E-state index is -0.123. The number of amides is 1. The lowest BCUT2D eigenvalue weighted by Crippen LogP contribution is -2.29. The number of carbonyl (C=O) groups excluding carboxylic acids is 1. The van der Waals surface area contributed by atoms with Crippen LogP contribution in [0.15, 0.2) is 36.5 Å². The molecule has 5 rings (SSSR count). The summed E-state index contributed by atoms with van der Waals surface area (Å²) < 4.78 is 2.89. The zero-order valence-corrected chi connectivity index (χ0v) is 18.6. The minimum absolute atomic E-state index is 0.123. The molecule has 0 aliphatic carbocycles. The number of thiophene rings is 1. The van der Waals surface area contributed by atoms with E-state index in [2.05, 4.69) is 28.3 Å². The molecule has 0 fully saturated rings. The number of fused-ring (bicyclic) bond motifs is 2. The first-order chi connectivity index (χ1) is 14.7. The molecule has 0 atom stereocenters. The number of likely N-dealkylation sites (N-methyl/N-ethyl adjacent to an activating group) is 1. The Bertz CT molecular complexity index is 1190. The van der Waals surface area contributed by atoms with E-state index in [0.717, 1.165) is 47.1 Å². The van der Waals surface area contributed by atoms with Gasteiger partial charge in [-0.15, -0.1) is 22.7 Å². The first kappa shape index (κ1) is 19.4. The third kappa shape index (κ3) is 3.34. The molecule has 0 radical (unpaired) electrons. The highest BCUT2D eigenvalue weighted by Crippen LogP contribution is 2.45. The third-order valence-electron chi connectivity index (χ3n) is 5.57. The lowest BCUT2D eigenvalue weighted by atomic mass is 10.0. The molecule has 0 spiro atoms. The summed E-state index contributed by atoms with van der Waals surface area (Å²) in [4.78, 5) is 21.7. The van der Waals surface area contributed by atoms with E-state index in [1.54, 1.807) is 39.6 Å². The van der Waals surface area contributed by atoms with Crippen molar-refractivity contribution >= 4 is 43.8 Å². The highest BCUT2D eigenvalue weighted by molar-refractivity contribution is 7.22. The number of aromatic nitrogens is 3. The van der Waals surface area contributed by atoms with Gasteiger partial charge in [-0.05, 0) is 43.7 Å². The first-order valence-electron chi connectivity index (χ1n) is 10.2. The number of nitrogens with zero attached hydrogens (tertiary/aromatic N) is 4. The molecule has 3 aromatic heterocycles. The molecule has 1 aliphatic heterocycles. The third-order valence-corrected chi connectivity index (χ3v) is 7.75. The lowest BCUT2D eigenvalue weighted by molar-refractivity contribution is 0.101. The summed E-state index contributed by atoms with van der Waals surface area (Å²) in [5, 5.41) is 9.30. The summed E-state index contributed by atoms with van der Waals surface area (Å²) in [7, 11) is 0. The van der Waals surface area contributed by atoms with Gasteiger partial charge in [0.1, 0.15) is 15.7 Å². The fourth-order valence-electron chi connectivity index (χ4n) is 3.96. The molecule has 0 bridgehead atoms. The molecule has 154 valence electrons. The predicted octanol–water partition coefficient (Wildman–Crippen LogP) is 4.87. The number of aryl methyl sites for hydroxylation is 1. The van der Waals surface area contributed by atoms with Crippen LogP contribution in [0.3, 0.4) is 0 Å². The van der Waals surface area contributed by atoms with Gasteiger partial charge in [0, 0.05) is 36.3 Å². The molecule has 4 heterocycles. The summed E-state index contributed by atoms with van der Waals surface area (Å²) >= 11 is 3.38. The SMILES string of the molecule is CCN1CCc2c(sc(NC(=O)c3ccnn3CC)c2-c2nc3ccccc3s2)C1. The van der Waals surface area contributed by atoms with E-state index < -0.39 is 0 Å². The van der Waals surface area contributed by atoms with E-state index in [0.29, 0.717) is 12.2 Å². The average molecular weight is 438 g/mol. The Morgan fingerprint density at radius 1 is 1.17 bits per heavy atom. The summed E-state index contributed by atoms with van der Waals surface area (Å²) in [5.74, 6) is -0.123. The van der Waals surface area contributed by atoms with Gasteiger partial charge in [-0.25, -0.2) is 4.98 Å². The molecule has 0 saturated heterocycles. The van der Waals surface area contributed by atoms with Gasteiger partial charge < -0.3 is 5.32 Å². The summed E-state index contributed by atoms with van der Waals surface area (Å²) in [6, 6.07) is 9.98. The molecule has 1 N–H and O–H groups in total. The van der Waals surface area contributed by atoms with Gasteiger partial charge in [0.15, 0.2) is 0 Å². The highest BCUT2D eigenvalue weighted by atomic mass is 32.1. The van der Waals surface area contributed by atoms with Crippen molar-refractivity contribution in [1.29, 1.82) is 0 Å². The number of hydrogen-bond acceptors (Lipinski definition) is 6. The van der Waals surface area contributed by atoms with Crippen LogP contribution in [0.1, 0.15) is 34.8 Å². The fourth-order valence-corrected chi connectivity index (χ4v) is 6.36. The molecule has 1 aliphatic rings. The zero-order valence-electron chi connectivity index (χ0n) is 17.0. The van der Waals surface area contributed by atoms with Crippen LogP contribution < -0.4 is 5.32 Å². The number of carbonyl (C=O) groups is 1. The Morgan fingerprint density at radius 3 is 2.83 bits per heavy atom. The number of benzene rings is 1. The van der Waals surface area contributed by atoms with Crippen LogP contribution in [0.25, 0.3) is 20.8 Å².